The number of unbranched alkanes of at least 4 members (excludes halogenated alkanes) is 2. The molecular formula is C21H40N3O11P. The van der Waals surface area contributed by atoms with Crippen molar-refractivity contribution < 1.29 is 52.1 Å². The summed E-state index contributed by atoms with van der Waals surface area (Å²) in [4.78, 5) is 35.2. The molecule has 15 heteroatoms. The SMILES string of the molecule is CCOC(=O)OCCCCOP(=O)(N=C(N)N(C)C(C(=O)O)C(C)C)OCCCCOC(=O)OCC. The van der Waals surface area contributed by atoms with Crippen molar-refractivity contribution in [2.24, 2.45) is 16.4 Å². The van der Waals surface area contributed by atoms with Crippen molar-refractivity contribution in [2.75, 3.05) is 46.7 Å². The van der Waals surface area contributed by atoms with Crippen LogP contribution in [0.15, 0.2) is 4.76 Å². The van der Waals surface area contributed by atoms with Crippen LogP contribution in [0.3, 0.4) is 0 Å². The second-order valence-electron chi connectivity index (χ2n) is 7.71. The summed E-state index contributed by atoms with van der Waals surface area (Å²) in [6, 6.07) is -1.01. The summed E-state index contributed by atoms with van der Waals surface area (Å²) in [5, 5.41) is 9.48. The Morgan fingerprint density at radius 1 is 0.861 bits per heavy atom. The average Bonchev–Trinajstić information content (AvgIpc) is 2.78. The lowest BCUT2D eigenvalue weighted by atomic mass is 10.0. The van der Waals surface area contributed by atoms with E-state index in [9.17, 15) is 24.1 Å². The van der Waals surface area contributed by atoms with Crippen molar-refractivity contribution in [2.45, 2.75) is 59.4 Å². The molecule has 3 N–H and O–H groups in total. The first kappa shape index (κ1) is 33.4. The average molecular weight is 542 g/mol. The van der Waals surface area contributed by atoms with Gasteiger partial charge in [0.05, 0.1) is 39.6 Å². The third kappa shape index (κ3) is 14.7. The van der Waals surface area contributed by atoms with Gasteiger partial charge in [0, 0.05) is 7.05 Å². The van der Waals surface area contributed by atoms with Gasteiger partial charge in [0.25, 0.3) is 0 Å². The zero-order valence-electron chi connectivity index (χ0n) is 21.7. The van der Waals surface area contributed by atoms with Gasteiger partial charge in [-0.3, -0.25) is 9.05 Å². The molecule has 0 aliphatic heterocycles. The molecule has 0 rings (SSSR count). The maximum Gasteiger partial charge on any atom is 0.508 e. The smallest absolute Gasteiger partial charge is 0.480 e. The molecule has 0 saturated heterocycles. The molecule has 0 aromatic heterocycles. The molecule has 0 bridgehead atoms. The Bertz CT molecular complexity index is 715. The van der Waals surface area contributed by atoms with Crippen LogP contribution in [-0.4, -0.2) is 87.0 Å². The second kappa shape index (κ2) is 18.7. The Labute approximate surface area is 212 Å². The Balaban J connectivity index is 5.03. The van der Waals surface area contributed by atoms with E-state index in [-0.39, 0.29) is 51.5 Å². The predicted octanol–water partition coefficient (Wildman–Crippen LogP) is 3.39. The van der Waals surface area contributed by atoms with Crippen molar-refractivity contribution in [3.05, 3.63) is 0 Å². The molecule has 0 fully saturated rings. The number of carbonyl (C=O) groups excluding carboxylic acids is 2. The molecule has 1 atom stereocenters. The van der Waals surface area contributed by atoms with E-state index in [0.29, 0.717) is 25.7 Å². The summed E-state index contributed by atoms with van der Waals surface area (Å²) < 4.78 is 46.9. The van der Waals surface area contributed by atoms with E-state index in [1.807, 2.05) is 0 Å². The van der Waals surface area contributed by atoms with E-state index in [4.69, 9.17) is 24.3 Å². The zero-order chi connectivity index (χ0) is 27.6. The Morgan fingerprint density at radius 3 is 1.64 bits per heavy atom. The van der Waals surface area contributed by atoms with Crippen LogP contribution in [0.25, 0.3) is 0 Å². The number of carbonyl (C=O) groups is 3. The maximum atomic E-state index is 13.2. The van der Waals surface area contributed by atoms with Gasteiger partial charge < -0.3 is 34.7 Å². The Kier molecular flexibility index (Phi) is 17.3. The molecule has 1 unspecified atom stereocenters. The van der Waals surface area contributed by atoms with Crippen molar-refractivity contribution in [1.82, 2.24) is 4.90 Å². The minimum atomic E-state index is -4.12. The molecular weight excluding hydrogens is 501 g/mol. The van der Waals surface area contributed by atoms with Crippen LogP contribution in [0.1, 0.15) is 53.4 Å². The molecule has 0 amide bonds. The first-order chi connectivity index (χ1) is 17.0. The standard InChI is InChI=1S/C21H40N3O11P/c1-6-30-20(27)32-12-8-10-14-34-36(29,35-15-11-9-13-33-21(28)31-7-2)23-19(22)24(5)17(16(3)4)18(25)26/h16-17H,6-15H2,1-5H3,(H,25,26)(H2,22,23,29). The number of aliphatic carboxylic acids is 1. The number of hydrogen-bond acceptors (Lipinski definition) is 10. The molecule has 0 spiro atoms. The molecule has 0 aromatic carbocycles. The van der Waals surface area contributed by atoms with Gasteiger partial charge in [0.2, 0.25) is 5.96 Å². The third-order valence-corrected chi connectivity index (χ3v) is 5.91. The highest BCUT2D eigenvalue weighted by atomic mass is 31.2. The fourth-order valence-corrected chi connectivity index (χ4v) is 4.03. The van der Waals surface area contributed by atoms with Crippen LogP contribution in [0, 0.1) is 5.92 Å². The molecule has 36 heavy (non-hydrogen) atoms. The van der Waals surface area contributed by atoms with Crippen molar-refractivity contribution in [3.8, 4) is 0 Å². The topological polar surface area (TPSA) is 186 Å². The number of nitrogens with two attached hydrogens (primary N) is 1. The molecule has 14 nitrogen and oxygen atoms in total. The summed E-state index contributed by atoms with van der Waals surface area (Å²) in [5.41, 5.74) is 5.94. The van der Waals surface area contributed by atoms with Gasteiger partial charge in [0.15, 0.2) is 0 Å². The Morgan fingerprint density at radius 2 is 1.28 bits per heavy atom. The molecule has 0 aromatic rings. The van der Waals surface area contributed by atoms with Gasteiger partial charge in [-0.2, -0.15) is 0 Å². The van der Waals surface area contributed by atoms with Gasteiger partial charge in [0.1, 0.15) is 6.04 Å². The maximum absolute atomic E-state index is 13.2. The van der Waals surface area contributed by atoms with Gasteiger partial charge in [-0.05, 0) is 45.4 Å². The minimum Gasteiger partial charge on any atom is -0.480 e. The van der Waals surface area contributed by atoms with Crippen molar-refractivity contribution >= 4 is 32.0 Å². The summed E-state index contributed by atoms with van der Waals surface area (Å²) in [6.07, 6.45) is -0.0461. The first-order valence-corrected chi connectivity index (χ1v) is 13.3. The monoisotopic (exact) mass is 541 g/mol. The first-order valence-electron chi connectivity index (χ1n) is 11.8. The number of hydrogen-bond donors (Lipinski definition) is 2. The van der Waals surface area contributed by atoms with E-state index in [0.717, 1.165) is 0 Å². The molecule has 0 aliphatic rings. The molecule has 0 saturated carbocycles. The highest BCUT2D eigenvalue weighted by Gasteiger charge is 2.31. The normalized spacial score (nSPS) is 12.7. The van der Waals surface area contributed by atoms with E-state index < -0.39 is 32.1 Å². The quantitative estimate of drug-likeness (QED) is 0.0846. The largest absolute Gasteiger partial charge is 0.508 e. The highest BCUT2D eigenvalue weighted by Crippen LogP contribution is 2.50. The van der Waals surface area contributed by atoms with Crippen molar-refractivity contribution in [3.63, 3.8) is 0 Å². The number of rotatable bonds is 18. The fraction of sp³-hybridized carbons (Fsp3) is 0.810. The van der Waals surface area contributed by atoms with Crippen LogP contribution in [0.5, 0.6) is 0 Å². The summed E-state index contributed by atoms with van der Waals surface area (Å²) in [5.74, 6) is -1.76. The van der Waals surface area contributed by atoms with Gasteiger partial charge in [-0.25, -0.2) is 18.9 Å². The van der Waals surface area contributed by atoms with E-state index in [1.54, 1.807) is 27.7 Å². The summed E-state index contributed by atoms with van der Waals surface area (Å²) in [6.45, 7) is 7.17. The lowest BCUT2D eigenvalue weighted by molar-refractivity contribution is -0.142. The van der Waals surface area contributed by atoms with Gasteiger partial charge >= 0.3 is 26.0 Å². The van der Waals surface area contributed by atoms with Crippen LogP contribution in [-0.2, 0) is 37.4 Å². The van der Waals surface area contributed by atoms with Gasteiger partial charge in [-0.15, -0.1) is 4.76 Å². The predicted molar refractivity (Wildman–Crippen MR) is 130 cm³/mol. The number of nitrogens with zero attached hydrogens (tertiary/aromatic N) is 2. The summed E-state index contributed by atoms with van der Waals surface area (Å²) in [7, 11) is -2.70. The zero-order valence-corrected chi connectivity index (χ0v) is 22.6. The molecule has 0 heterocycles. The van der Waals surface area contributed by atoms with E-state index in [2.05, 4.69) is 14.2 Å². The number of carboxylic acid groups (broad SMARTS) is 1. The lowest BCUT2D eigenvalue weighted by Crippen LogP contribution is -2.48. The molecule has 210 valence electrons. The molecule has 0 radical (unpaired) electrons. The molecule has 0 aliphatic carbocycles. The van der Waals surface area contributed by atoms with Crippen molar-refractivity contribution in [1.29, 1.82) is 0 Å². The van der Waals surface area contributed by atoms with Gasteiger partial charge in [-0.1, -0.05) is 13.8 Å². The van der Waals surface area contributed by atoms with Crippen LogP contribution < -0.4 is 5.73 Å². The van der Waals surface area contributed by atoms with Crippen LogP contribution in [0.4, 0.5) is 9.59 Å². The fourth-order valence-electron chi connectivity index (χ4n) is 2.73. The third-order valence-electron chi connectivity index (χ3n) is 4.44. The van der Waals surface area contributed by atoms with E-state index in [1.165, 1.54) is 11.9 Å². The number of ether oxygens (including phenoxy) is 4. The number of carboxylic acids is 1. The number of guanidine groups is 1. The van der Waals surface area contributed by atoms with Crippen LogP contribution >= 0.6 is 7.75 Å². The second-order valence-corrected chi connectivity index (χ2v) is 9.36. The van der Waals surface area contributed by atoms with E-state index >= 15 is 0 Å². The minimum absolute atomic E-state index is 0.0531. The summed E-state index contributed by atoms with van der Waals surface area (Å²) >= 11 is 0. The Hall–Kier alpha value is -2.57. The lowest BCUT2D eigenvalue weighted by Gasteiger charge is -2.29. The van der Waals surface area contributed by atoms with Crippen LogP contribution in [0.2, 0.25) is 0 Å². The number of likely N-dealkylation sites (N-methyl/N-ethyl adjacent to an activating group) is 1. The highest BCUT2D eigenvalue weighted by molar-refractivity contribution is 7.52.